The van der Waals surface area contributed by atoms with Gasteiger partial charge in [-0.15, -0.1) is 11.3 Å². The Bertz CT molecular complexity index is 901. The van der Waals surface area contributed by atoms with Crippen molar-refractivity contribution < 1.29 is 4.92 Å². The second-order valence-corrected chi connectivity index (χ2v) is 7.81. The molecule has 25 heavy (non-hydrogen) atoms. The summed E-state index contributed by atoms with van der Waals surface area (Å²) in [4.78, 5) is 18.8. The highest BCUT2D eigenvalue weighted by Gasteiger charge is 2.08. The summed E-state index contributed by atoms with van der Waals surface area (Å²) in [7, 11) is 0. The van der Waals surface area contributed by atoms with E-state index in [1.54, 1.807) is 23.5 Å². The van der Waals surface area contributed by atoms with Crippen molar-refractivity contribution in [3.8, 4) is 0 Å². The van der Waals surface area contributed by atoms with Crippen LogP contribution in [0.1, 0.15) is 16.3 Å². The lowest BCUT2D eigenvalue weighted by molar-refractivity contribution is -0.385. The van der Waals surface area contributed by atoms with Gasteiger partial charge in [0, 0.05) is 23.6 Å². The van der Waals surface area contributed by atoms with Gasteiger partial charge < -0.3 is 0 Å². The van der Waals surface area contributed by atoms with Gasteiger partial charge in [-0.05, 0) is 23.8 Å². The van der Waals surface area contributed by atoms with Gasteiger partial charge >= 0.3 is 0 Å². The molecule has 5 nitrogen and oxygen atoms in total. The lowest BCUT2D eigenvalue weighted by atomic mass is 10.2. The Balaban J connectivity index is 1.59. The fraction of sp³-hybridized carbons (Fsp3) is 0.125. The van der Waals surface area contributed by atoms with Crippen LogP contribution in [0.2, 0.25) is 10.0 Å². The summed E-state index contributed by atoms with van der Waals surface area (Å²) in [5, 5.41) is 15.4. The first-order valence-corrected chi connectivity index (χ1v) is 9.74. The Hall–Kier alpha value is -1.67. The molecule has 0 fully saturated rings. The highest BCUT2D eigenvalue weighted by Crippen LogP contribution is 2.26. The number of rotatable bonds is 6. The lowest BCUT2D eigenvalue weighted by Crippen LogP contribution is -1.90. The molecule has 0 saturated heterocycles. The van der Waals surface area contributed by atoms with E-state index >= 15 is 0 Å². The van der Waals surface area contributed by atoms with Crippen molar-refractivity contribution in [1.29, 1.82) is 0 Å². The van der Waals surface area contributed by atoms with Crippen LogP contribution >= 0.6 is 46.3 Å². The van der Waals surface area contributed by atoms with E-state index in [9.17, 15) is 10.1 Å². The number of nitrogens with zero attached hydrogens (tertiary/aromatic N) is 3. The first-order chi connectivity index (χ1) is 12.0. The standard InChI is InChI=1S/C16H11Cl2N3O2S2/c17-13-3-1-10(5-14(13)18)6-16-20-11(9-25-16)8-24-15-4-2-12(7-19-15)21(22)23/h1-5,7,9H,6,8H2. The summed E-state index contributed by atoms with van der Waals surface area (Å²) in [5.74, 6) is 0.655. The van der Waals surface area contributed by atoms with E-state index in [1.165, 1.54) is 24.0 Å². The van der Waals surface area contributed by atoms with Gasteiger partial charge in [-0.25, -0.2) is 9.97 Å². The van der Waals surface area contributed by atoms with Crippen LogP contribution in [0, 0.1) is 10.1 Å². The Kier molecular flexibility index (Phi) is 5.90. The molecule has 1 aromatic carbocycles. The van der Waals surface area contributed by atoms with Crippen LogP contribution in [0.25, 0.3) is 0 Å². The highest BCUT2D eigenvalue weighted by molar-refractivity contribution is 7.98. The fourth-order valence-electron chi connectivity index (χ4n) is 2.03. The Morgan fingerprint density at radius 2 is 2.04 bits per heavy atom. The van der Waals surface area contributed by atoms with Crippen LogP contribution in [-0.4, -0.2) is 14.9 Å². The molecule has 3 aromatic rings. The Morgan fingerprint density at radius 3 is 2.72 bits per heavy atom. The molecule has 0 N–H and O–H groups in total. The Labute approximate surface area is 162 Å². The highest BCUT2D eigenvalue weighted by atomic mass is 35.5. The van der Waals surface area contributed by atoms with E-state index in [1.807, 2.05) is 17.5 Å². The minimum atomic E-state index is -0.461. The van der Waals surface area contributed by atoms with Crippen molar-refractivity contribution in [2.24, 2.45) is 0 Å². The Morgan fingerprint density at radius 1 is 1.20 bits per heavy atom. The van der Waals surface area contributed by atoms with Gasteiger partial charge in [0.15, 0.2) is 0 Å². The number of halogens is 2. The predicted octanol–water partition coefficient (Wildman–Crippen LogP) is 5.64. The summed E-state index contributed by atoms with van der Waals surface area (Å²) in [6, 6.07) is 8.66. The summed E-state index contributed by atoms with van der Waals surface area (Å²) in [6.07, 6.45) is 1.96. The quantitative estimate of drug-likeness (QED) is 0.298. The van der Waals surface area contributed by atoms with Crippen LogP contribution in [-0.2, 0) is 12.2 Å². The van der Waals surface area contributed by atoms with E-state index in [0.717, 1.165) is 21.3 Å². The molecule has 3 rings (SSSR count). The average molecular weight is 412 g/mol. The first-order valence-electron chi connectivity index (χ1n) is 7.12. The number of thiazole rings is 1. The number of benzene rings is 1. The van der Waals surface area contributed by atoms with Gasteiger partial charge in [0.1, 0.15) is 6.20 Å². The fourth-order valence-corrected chi connectivity index (χ4v) is 4.02. The molecular weight excluding hydrogens is 401 g/mol. The molecule has 0 saturated carbocycles. The van der Waals surface area contributed by atoms with E-state index in [2.05, 4.69) is 9.97 Å². The smallest absolute Gasteiger partial charge is 0.258 e. The first kappa shape index (κ1) is 18.1. The second-order valence-electron chi connectivity index (χ2n) is 5.06. The topological polar surface area (TPSA) is 68.9 Å². The maximum atomic E-state index is 10.6. The van der Waals surface area contributed by atoms with Crippen LogP contribution in [0.3, 0.4) is 0 Å². The van der Waals surface area contributed by atoms with Crippen molar-refractivity contribution in [2.75, 3.05) is 0 Å². The van der Waals surface area contributed by atoms with Crippen molar-refractivity contribution in [2.45, 2.75) is 17.2 Å². The zero-order valence-corrected chi connectivity index (χ0v) is 15.8. The molecule has 0 spiro atoms. The zero-order valence-electron chi connectivity index (χ0n) is 12.7. The molecule has 0 unspecified atom stereocenters. The predicted molar refractivity (Wildman–Crippen MR) is 102 cm³/mol. The molecule has 0 amide bonds. The molecule has 2 aromatic heterocycles. The van der Waals surface area contributed by atoms with E-state index < -0.39 is 4.92 Å². The number of hydrogen-bond donors (Lipinski definition) is 0. The minimum absolute atomic E-state index is 0.0121. The molecule has 0 bridgehead atoms. The summed E-state index contributed by atoms with van der Waals surface area (Å²) >= 11 is 15.0. The lowest BCUT2D eigenvalue weighted by Gasteiger charge is -2.01. The third kappa shape index (κ3) is 4.92. The molecule has 0 aliphatic heterocycles. The third-order valence-electron chi connectivity index (χ3n) is 3.24. The maximum Gasteiger partial charge on any atom is 0.287 e. The van der Waals surface area contributed by atoms with Crippen molar-refractivity contribution >= 4 is 52.0 Å². The van der Waals surface area contributed by atoms with Crippen LogP contribution in [0.5, 0.6) is 0 Å². The van der Waals surface area contributed by atoms with Gasteiger partial charge in [-0.1, -0.05) is 41.0 Å². The molecule has 0 aliphatic carbocycles. The maximum absolute atomic E-state index is 10.6. The molecule has 0 radical (unpaired) electrons. The van der Waals surface area contributed by atoms with Crippen LogP contribution in [0.15, 0.2) is 46.9 Å². The van der Waals surface area contributed by atoms with E-state index in [-0.39, 0.29) is 5.69 Å². The van der Waals surface area contributed by atoms with Crippen molar-refractivity contribution in [3.63, 3.8) is 0 Å². The van der Waals surface area contributed by atoms with Crippen LogP contribution < -0.4 is 0 Å². The number of thioether (sulfide) groups is 1. The molecule has 0 atom stereocenters. The van der Waals surface area contributed by atoms with Crippen LogP contribution in [0.4, 0.5) is 5.69 Å². The number of nitro groups is 1. The summed E-state index contributed by atoms with van der Waals surface area (Å²) < 4.78 is 0. The minimum Gasteiger partial charge on any atom is -0.258 e. The van der Waals surface area contributed by atoms with Crippen molar-refractivity contribution in [1.82, 2.24) is 9.97 Å². The zero-order chi connectivity index (χ0) is 17.8. The summed E-state index contributed by atoms with van der Waals surface area (Å²) in [6.45, 7) is 0. The summed E-state index contributed by atoms with van der Waals surface area (Å²) in [5.41, 5.74) is 1.99. The average Bonchev–Trinajstić information content (AvgIpc) is 3.04. The second kappa shape index (κ2) is 8.14. The van der Waals surface area contributed by atoms with E-state index in [4.69, 9.17) is 23.2 Å². The van der Waals surface area contributed by atoms with Gasteiger partial charge in [-0.2, -0.15) is 0 Å². The number of hydrogen-bond acceptors (Lipinski definition) is 6. The molecule has 9 heteroatoms. The molecule has 2 heterocycles. The van der Waals surface area contributed by atoms with Gasteiger partial charge in [0.25, 0.3) is 5.69 Å². The molecule has 0 aliphatic rings. The third-order valence-corrected chi connectivity index (χ3v) is 5.85. The van der Waals surface area contributed by atoms with Gasteiger partial charge in [0.05, 0.1) is 30.7 Å². The van der Waals surface area contributed by atoms with Gasteiger partial charge in [0.2, 0.25) is 0 Å². The molecule has 128 valence electrons. The monoisotopic (exact) mass is 411 g/mol. The SMILES string of the molecule is O=[N+]([O-])c1ccc(SCc2csc(Cc3ccc(Cl)c(Cl)c3)n2)nc1. The number of aromatic nitrogens is 2. The molecular formula is C16H11Cl2N3O2S2. The number of pyridine rings is 1. The van der Waals surface area contributed by atoms with Crippen molar-refractivity contribution in [3.05, 3.63) is 78.3 Å². The normalized spacial score (nSPS) is 10.8. The van der Waals surface area contributed by atoms with Gasteiger partial charge in [-0.3, -0.25) is 10.1 Å². The van der Waals surface area contributed by atoms with E-state index in [0.29, 0.717) is 22.2 Å². The largest absolute Gasteiger partial charge is 0.287 e.